The first kappa shape index (κ1) is 18.9. The number of thioether (sulfide) groups is 1. The zero-order valence-corrected chi connectivity index (χ0v) is 15.0. The van der Waals surface area contributed by atoms with Crippen LogP contribution in [0.15, 0.2) is 23.4 Å². The molecule has 0 aliphatic heterocycles. The Morgan fingerprint density at radius 1 is 1.40 bits per heavy atom. The average molecular weight is 365 g/mol. The van der Waals surface area contributed by atoms with Crippen molar-refractivity contribution in [3.8, 4) is 0 Å². The third kappa shape index (κ3) is 5.56. The SMILES string of the molecule is CCc1nc(SCC(=O)N[C@@H](C)C(=O)Nc2ccc(F)cc2C)n[nH]1. The van der Waals surface area contributed by atoms with Crippen molar-refractivity contribution in [1.29, 1.82) is 0 Å². The Kier molecular flexibility index (Phi) is 6.51. The number of amides is 2. The predicted octanol–water partition coefficient (Wildman–Crippen LogP) is 2.05. The largest absolute Gasteiger partial charge is 0.344 e. The van der Waals surface area contributed by atoms with Gasteiger partial charge in [-0.15, -0.1) is 5.10 Å². The van der Waals surface area contributed by atoms with Crippen LogP contribution in [-0.2, 0) is 16.0 Å². The van der Waals surface area contributed by atoms with E-state index in [4.69, 9.17) is 0 Å². The molecule has 25 heavy (non-hydrogen) atoms. The predicted molar refractivity (Wildman–Crippen MR) is 93.9 cm³/mol. The van der Waals surface area contributed by atoms with Crippen molar-refractivity contribution in [3.63, 3.8) is 0 Å². The molecule has 1 aromatic heterocycles. The average Bonchev–Trinajstić information content (AvgIpc) is 3.03. The van der Waals surface area contributed by atoms with E-state index in [9.17, 15) is 14.0 Å². The number of aromatic nitrogens is 3. The van der Waals surface area contributed by atoms with Gasteiger partial charge in [0.15, 0.2) is 0 Å². The minimum atomic E-state index is -0.726. The molecule has 1 aromatic carbocycles. The number of anilines is 1. The summed E-state index contributed by atoms with van der Waals surface area (Å²) in [5.74, 6) is -0.184. The molecule has 1 heterocycles. The van der Waals surface area contributed by atoms with E-state index < -0.39 is 6.04 Å². The summed E-state index contributed by atoms with van der Waals surface area (Å²) in [6.45, 7) is 5.23. The number of benzene rings is 1. The Morgan fingerprint density at radius 2 is 2.16 bits per heavy atom. The topological polar surface area (TPSA) is 99.8 Å². The molecule has 9 heteroatoms. The molecular formula is C16H20FN5O2S. The third-order valence-electron chi connectivity index (χ3n) is 3.40. The van der Waals surface area contributed by atoms with Crippen molar-refractivity contribution in [2.45, 2.75) is 38.4 Å². The van der Waals surface area contributed by atoms with Crippen molar-refractivity contribution in [1.82, 2.24) is 20.5 Å². The summed E-state index contributed by atoms with van der Waals surface area (Å²) in [6.07, 6.45) is 0.736. The van der Waals surface area contributed by atoms with Crippen LogP contribution in [0.2, 0.25) is 0 Å². The molecule has 0 aliphatic carbocycles. The second kappa shape index (κ2) is 8.61. The number of nitrogens with one attached hydrogen (secondary N) is 3. The summed E-state index contributed by atoms with van der Waals surface area (Å²) >= 11 is 1.19. The van der Waals surface area contributed by atoms with E-state index in [1.54, 1.807) is 13.8 Å². The molecule has 1 atom stereocenters. The summed E-state index contributed by atoms with van der Waals surface area (Å²) in [5, 5.41) is 12.5. The molecule has 0 bridgehead atoms. The fraction of sp³-hybridized carbons (Fsp3) is 0.375. The highest BCUT2D eigenvalue weighted by molar-refractivity contribution is 7.99. The Balaban J connectivity index is 1.82. The third-order valence-corrected chi connectivity index (χ3v) is 4.24. The molecule has 2 amide bonds. The maximum absolute atomic E-state index is 13.1. The van der Waals surface area contributed by atoms with Crippen molar-refractivity contribution < 1.29 is 14.0 Å². The van der Waals surface area contributed by atoms with Gasteiger partial charge in [0.1, 0.15) is 17.7 Å². The van der Waals surface area contributed by atoms with E-state index in [0.29, 0.717) is 16.4 Å². The molecule has 134 valence electrons. The lowest BCUT2D eigenvalue weighted by atomic mass is 10.2. The van der Waals surface area contributed by atoms with Gasteiger partial charge >= 0.3 is 0 Å². The number of rotatable bonds is 7. The number of halogens is 1. The Hall–Kier alpha value is -2.42. The van der Waals surface area contributed by atoms with Gasteiger partial charge in [0.2, 0.25) is 17.0 Å². The highest BCUT2D eigenvalue weighted by Gasteiger charge is 2.17. The van der Waals surface area contributed by atoms with Gasteiger partial charge in [-0.2, -0.15) is 0 Å². The molecule has 0 aliphatic rings. The van der Waals surface area contributed by atoms with Crippen LogP contribution >= 0.6 is 11.8 Å². The summed E-state index contributed by atoms with van der Waals surface area (Å²) < 4.78 is 13.1. The van der Waals surface area contributed by atoms with E-state index in [1.165, 1.54) is 30.0 Å². The van der Waals surface area contributed by atoms with Gasteiger partial charge < -0.3 is 10.6 Å². The summed E-state index contributed by atoms with van der Waals surface area (Å²) in [6, 6.07) is 3.36. The van der Waals surface area contributed by atoms with Crippen LogP contribution in [0.4, 0.5) is 10.1 Å². The number of hydrogen-bond acceptors (Lipinski definition) is 5. The molecule has 0 saturated carbocycles. The van der Waals surface area contributed by atoms with Gasteiger partial charge in [0.05, 0.1) is 5.75 Å². The number of carbonyl (C=O) groups is 2. The molecule has 2 aromatic rings. The number of aromatic amines is 1. The molecule has 0 unspecified atom stereocenters. The standard InChI is InChI=1S/C16H20FN5O2S/c1-4-13-20-16(22-21-13)25-8-14(23)18-10(3)15(24)19-12-6-5-11(17)7-9(12)2/h5-7,10H,4,8H2,1-3H3,(H,18,23)(H,19,24)(H,20,21,22)/t10-/m0/s1. The van der Waals surface area contributed by atoms with Crippen molar-refractivity contribution >= 4 is 29.3 Å². The maximum atomic E-state index is 13.1. The van der Waals surface area contributed by atoms with Gasteiger partial charge in [0.25, 0.3) is 0 Å². The number of H-pyrrole nitrogens is 1. The van der Waals surface area contributed by atoms with Gasteiger partial charge in [0, 0.05) is 12.1 Å². The first-order valence-corrected chi connectivity index (χ1v) is 8.78. The minimum Gasteiger partial charge on any atom is -0.344 e. The number of hydrogen-bond donors (Lipinski definition) is 3. The summed E-state index contributed by atoms with van der Waals surface area (Å²) in [7, 11) is 0. The molecule has 7 nitrogen and oxygen atoms in total. The van der Waals surface area contributed by atoms with Crippen LogP contribution in [0.1, 0.15) is 25.2 Å². The van der Waals surface area contributed by atoms with Crippen molar-refractivity contribution in [2.24, 2.45) is 0 Å². The quantitative estimate of drug-likeness (QED) is 0.652. The van der Waals surface area contributed by atoms with Crippen LogP contribution in [0, 0.1) is 12.7 Å². The van der Waals surface area contributed by atoms with E-state index in [2.05, 4.69) is 25.8 Å². The molecule has 0 saturated heterocycles. The van der Waals surface area contributed by atoms with Crippen LogP contribution in [0.5, 0.6) is 0 Å². The van der Waals surface area contributed by atoms with Gasteiger partial charge in [-0.3, -0.25) is 14.7 Å². The normalized spacial score (nSPS) is 11.8. The second-order valence-electron chi connectivity index (χ2n) is 5.44. The summed E-state index contributed by atoms with van der Waals surface area (Å²) in [5.41, 5.74) is 1.12. The number of aryl methyl sites for hydroxylation is 2. The number of carbonyl (C=O) groups excluding carboxylic acids is 2. The number of nitrogens with zero attached hydrogens (tertiary/aromatic N) is 2. The first-order chi connectivity index (χ1) is 11.9. The lowest BCUT2D eigenvalue weighted by Gasteiger charge is -2.15. The fourth-order valence-electron chi connectivity index (χ4n) is 1.99. The molecule has 0 spiro atoms. The lowest BCUT2D eigenvalue weighted by Crippen LogP contribution is -2.42. The first-order valence-electron chi connectivity index (χ1n) is 7.79. The maximum Gasteiger partial charge on any atom is 0.246 e. The van der Waals surface area contributed by atoms with E-state index >= 15 is 0 Å². The zero-order chi connectivity index (χ0) is 18.4. The van der Waals surface area contributed by atoms with Gasteiger partial charge in [-0.05, 0) is 37.6 Å². The van der Waals surface area contributed by atoms with Crippen LogP contribution < -0.4 is 10.6 Å². The van der Waals surface area contributed by atoms with Crippen molar-refractivity contribution in [3.05, 3.63) is 35.4 Å². The monoisotopic (exact) mass is 365 g/mol. The van der Waals surface area contributed by atoms with E-state index in [-0.39, 0.29) is 23.4 Å². The molecule has 0 fully saturated rings. The summed E-state index contributed by atoms with van der Waals surface area (Å²) in [4.78, 5) is 28.3. The zero-order valence-electron chi connectivity index (χ0n) is 14.2. The Labute approximate surface area is 149 Å². The van der Waals surface area contributed by atoms with Gasteiger partial charge in [-0.25, -0.2) is 9.37 Å². The molecule has 2 rings (SSSR count). The molecule has 0 radical (unpaired) electrons. The molecule has 3 N–H and O–H groups in total. The second-order valence-corrected chi connectivity index (χ2v) is 6.39. The Bertz CT molecular complexity index is 765. The molecular weight excluding hydrogens is 345 g/mol. The minimum absolute atomic E-state index is 0.105. The highest BCUT2D eigenvalue weighted by Crippen LogP contribution is 2.16. The van der Waals surface area contributed by atoms with Crippen LogP contribution in [0.3, 0.4) is 0 Å². The van der Waals surface area contributed by atoms with Crippen LogP contribution in [-0.4, -0.2) is 38.8 Å². The smallest absolute Gasteiger partial charge is 0.246 e. The van der Waals surface area contributed by atoms with Gasteiger partial charge in [-0.1, -0.05) is 18.7 Å². The lowest BCUT2D eigenvalue weighted by molar-refractivity contribution is -0.124. The van der Waals surface area contributed by atoms with Crippen molar-refractivity contribution in [2.75, 3.05) is 11.1 Å². The van der Waals surface area contributed by atoms with Crippen LogP contribution in [0.25, 0.3) is 0 Å². The van der Waals surface area contributed by atoms with E-state index in [1.807, 2.05) is 6.92 Å². The Morgan fingerprint density at radius 3 is 2.80 bits per heavy atom. The fourth-order valence-corrected chi connectivity index (χ4v) is 2.62. The van der Waals surface area contributed by atoms with E-state index in [0.717, 1.165) is 12.2 Å². The highest BCUT2D eigenvalue weighted by atomic mass is 32.2.